The predicted molar refractivity (Wildman–Crippen MR) is 235 cm³/mol. The van der Waals surface area contributed by atoms with E-state index in [2.05, 4.69) is 39.2 Å². The standard InChI is InChI=1S/C46H58N6O9/c1-6-8-9-10-11-12-13-14-15-16-27-60-40-30-34(45(53)59-5)29-35(31-40)46(54)61-28-26-51(25-7-2)38-21-17-36(18-22-38)47-49-41-32-44(58-4)42(33-43(41)57-3)50-48-37-19-23-39(24-20-37)52(55)56/h17-24,29-33H,6-16,25-28H2,1-5H3. The highest BCUT2D eigenvalue weighted by atomic mass is 16.6. The summed E-state index contributed by atoms with van der Waals surface area (Å²) >= 11 is 0. The zero-order chi connectivity index (χ0) is 43.8. The second kappa shape index (κ2) is 26.0. The van der Waals surface area contributed by atoms with E-state index in [9.17, 15) is 19.7 Å². The Labute approximate surface area is 358 Å². The Morgan fingerprint density at radius 3 is 1.64 bits per heavy atom. The molecule has 0 saturated carbocycles. The minimum absolute atomic E-state index is 0.0457. The minimum atomic E-state index is -0.562. The molecule has 4 aromatic carbocycles. The number of nitrogens with zero attached hydrogens (tertiary/aromatic N) is 6. The number of methoxy groups -OCH3 is 3. The molecule has 0 saturated heterocycles. The van der Waals surface area contributed by atoms with E-state index in [-0.39, 0.29) is 23.4 Å². The van der Waals surface area contributed by atoms with E-state index in [0.717, 1.165) is 37.9 Å². The third-order valence-electron chi connectivity index (χ3n) is 9.72. The number of non-ortho nitro benzene ring substituents is 1. The van der Waals surface area contributed by atoms with E-state index in [1.54, 1.807) is 24.3 Å². The van der Waals surface area contributed by atoms with Crippen LogP contribution in [0.15, 0.2) is 99.3 Å². The Kier molecular flexibility index (Phi) is 20.1. The van der Waals surface area contributed by atoms with Crippen LogP contribution in [0.5, 0.6) is 17.2 Å². The van der Waals surface area contributed by atoms with Gasteiger partial charge < -0.3 is 28.6 Å². The van der Waals surface area contributed by atoms with Crippen LogP contribution in [0, 0.1) is 10.1 Å². The summed E-state index contributed by atoms with van der Waals surface area (Å²) in [6, 6.07) is 21.1. The molecule has 0 fully saturated rings. The number of carbonyl (C=O) groups is 2. The highest BCUT2D eigenvalue weighted by Gasteiger charge is 2.17. The summed E-state index contributed by atoms with van der Waals surface area (Å²) in [5.41, 5.74) is 3.08. The molecule has 0 aromatic heterocycles. The van der Waals surface area contributed by atoms with Gasteiger partial charge in [0.15, 0.2) is 0 Å². The lowest BCUT2D eigenvalue weighted by molar-refractivity contribution is -0.384. The summed E-state index contributed by atoms with van der Waals surface area (Å²) in [4.78, 5) is 38.3. The van der Waals surface area contributed by atoms with Crippen molar-refractivity contribution >= 4 is 46.1 Å². The molecular weight excluding hydrogens is 781 g/mol. The molecule has 0 heterocycles. The molecular formula is C46H58N6O9. The van der Waals surface area contributed by atoms with Crippen molar-refractivity contribution in [1.29, 1.82) is 0 Å². The molecule has 0 aliphatic heterocycles. The van der Waals surface area contributed by atoms with E-state index in [0.29, 0.717) is 53.1 Å². The van der Waals surface area contributed by atoms with Gasteiger partial charge >= 0.3 is 11.9 Å². The van der Waals surface area contributed by atoms with Crippen molar-refractivity contribution in [2.24, 2.45) is 20.5 Å². The summed E-state index contributed by atoms with van der Waals surface area (Å²) in [6.07, 6.45) is 13.0. The SMILES string of the molecule is CCCCCCCCCCCCOc1cc(C(=O)OC)cc(C(=O)OCCN(CCC)c2ccc(N=Nc3cc(OC)c(N=Nc4ccc([N+](=O)[O-])cc4)cc3OC)cc2)c1. The van der Waals surface area contributed by atoms with Crippen molar-refractivity contribution in [1.82, 2.24) is 0 Å². The molecule has 0 spiro atoms. The highest BCUT2D eigenvalue weighted by Crippen LogP contribution is 2.41. The van der Waals surface area contributed by atoms with Crippen LogP contribution in [-0.2, 0) is 9.47 Å². The molecule has 4 rings (SSSR count). The number of unbranched alkanes of at least 4 members (excludes halogenated alkanes) is 9. The molecule has 0 amide bonds. The van der Waals surface area contributed by atoms with Gasteiger partial charge in [-0.15, -0.1) is 10.2 Å². The second-order valence-corrected chi connectivity index (χ2v) is 14.3. The lowest BCUT2D eigenvalue weighted by atomic mass is 10.1. The maximum Gasteiger partial charge on any atom is 0.338 e. The summed E-state index contributed by atoms with van der Waals surface area (Å²) in [5.74, 6) is 0.0556. The van der Waals surface area contributed by atoms with Gasteiger partial charge in [0.2, 0.25) is 0 Å². The summed E-state index contributed by atoms with van der Waals surface area (Å²) in [7, 11) is 4.29. The van der Waals surface area contributed by atoms with Crippen LogP contribution in [0.2, 0.25) is 0 Å². The number of hydrogen-bond donors (Lipinski definition) is 0. The molecule has 61 heavy (non-hydrogen) atoms. The van der Waals surface area contributed by atoms with Crippen molar-refractivity contribution in [2.45, 2.75) is 84.5 Å². The first-order valence-electron chi connectivity index (χ1n) is 20.9. The molecule has 4 aromatic rings. The highest BCUT2D eigenvalue weighted by molar-refractivity contribution is 5.96. The van der Waals surface area contributed by atoms with Crippen molar-refractivity contribution in [2.75, 3.05) is 52.5 Å². The summed E-state index contributed by atoms with van der Waals surface area (Å²) in [5, 5.41) is 28.2. The second-order valence-electron chi connectivity index (χ2n) is 14.3. The van der Waals surface area contributed by atoms with Gasteiger partial charge in [0, 0.05) is 36.5 Å². The monoisotopic (exact) mass is 838 g/mol. The average molecular weight is 839 g/mol. The minimum Gasteiger partial charge on any atom is -0.494 e. The first kappa shape index (κ1) is 47.3. The first-order valence-corrected chi connectivity index (χ1v) is 20.9. The normalized spacial score (nSPS) is 11.2. The molecule has 326 valence electrons. The Bertz CT molecular complexity index is 2060. The molecule has 0 unspecified atom stereocenters. The van der Waals surface area contributed by atoms with Gasteiger partial charge in [0.05, 0.1) is 61.9 Å². The fourth-order valence-electron chi connectivity index (χ4n) is 6.40. The molecule has 0 bridgehead atoms. The predicted octanol–water partition coefficient (Wildman–Crippen LogP) is 12.6. The van der Waals surface area contributed by atoms with Gasteiger partial charge in [0.1, 0.15) is 35.2 Å². The lowest BCUT2D eigenvalue weighted by Crippen LogP contribution is -2.29. The quantitative estimate of drug-likeness (QED) is 0.0185. The van der Waals surface area contributed by atoms with Crippen molar-refractivity contribution < 1.29 is 38.2 Å². The van der Waals surface area contributed by atoms with Gasteiger partial charge in [-0.05, 0) is 67.4 Å². The Hall–Kier alpha value is -6.38. The number of rotatable bonds is 27. The van der Waals surface area contributed by atoms with Gasteiger partial charge in [-0.1, -0.05) is 71.6 Å². The van der Waals surface area contributed by atoms with Crippen LogP contribution in [0.25, 0.3) is 0 Å². The average Bonchev–Trinajstić information content (AvgIpc) is 3.28. The molecule has 0 radical (unpaired) electrons. The largest absolute Gasteiger partial charge is 0.494 e. The number of esters is 2. The van der Waals surface area contributed by atoms with Crippen LogP contribution in [0.4, 0.5) is 34.1 Å². The molecule has 15 heteroatoms. The van der Waals surface area contributed by atoms with Crippen molar-refractivity contribution in [3.05, 3.63) is 100 Å². The van der Waals surface area contributed by atoms with Crippen LogP contribution < -0.4 is 19.1 Å². The Morgan fingerprint density at radius 2 is 1.13 bits per heavy atom. The number of benzene rings is 4. The summed E-state index contributed by atoms with van der Waals surface area (Å²) < 4.78 is 27.7. The van der Waals surface area contributed by atoms with Crippen molar-refractivity contribution in [3.8, 4) is 17.2 Å². The van der Waals surface area contributed by atoms with E-state index in [1.165, 1.54) is 96.6 Å². The Balaban J connectivity index is 1.33. The topological polar surface area (TPSA) is 176 Å². The number of carbonyl (C=O) groups excluding carboxylic acids is 2. The van der Waals surface area contributed by atoms with E-state index >= 15 is 0 Å². The number of anilines is 1. The molecule has 0 aliphatic carbocycles. The molecule has 0 atom stereocenters. The van der Waals surface area contributed by atoms with Gasteiger partial charge in [-0.3, -0.25) is 10.1 Å². The third kappa shape index (κ3) is 15.6. The van der Waals surface area contributed by atoms with Gasteiger partial charge in [-0.25, -0.2) is 9.59 Å². The maximum atomic E-state index is 13.2. The smallest absolute Gasteiger partial charge is 0.338 e. The zero-order valence-corrected chi connectivity index (χ0v) is 36.0. The van der Waals surface area contributed by atoms with Gasteiger partial charge in [0.25, 0.3) is 5.69 Å². The number of nitro benzene ring substituents is 1. The van der Waals surface area contributed by atoms with Crippen molar-refractivity contribution in [3.63, 3.8) is 0 Å². The number of azo groups is 2. The fourth-order valence-corrected chi connectivity index (χ4v) is 6.40. The van der Waals surface area contributed by atoms with Gasteiger partial charge in [-0.2, -0.15) is 10.2 Å². The maximum absolute atomic E-state index is 13.2. The van der Waals surface area contributed by atoms with E-state index in [1.807, 2.05) is 24.3 Å². The van der Waals surface area contributed by atoms with Crippen LogP contribution in [-0.4, -0.2) is 64.5 Å². The molecule has 0 aliphatic rings. The molecule has 15 nitrogen and oxygen atoms in total. The van der Waals surface area contributed by atoms with E-state index in [4.69, 9.17) is 23.7 Å². The third-order valence-corrected chi connectivity index (χ3v) is 9.72. The van der Waals surface area contributed by atoms with Crippen LogP contribution >= 0.6 is 0 Å². The number of ether oxygens (including phenoxy) is 5. The number of nitro groups is 1. The lowest BCUT2D eigenvalue weighted by Gasteiger charge is -2.24. The van der Waals surface area contributed by atoms with E-state index < -0.39 is 16.9 Å². The molecule has 0 N–H and O–H groups in total. The zero-order valence-electron chi connectivity index (χ0n) is 36.0. The Morgan fingerprint density at radius 1 is 0.607 bits per heavy atom. The number of hydrogen-bond acceptors (Lipinski definition) is 14. The van der Waals surface area contributed by atoms with Crippen LogP contribution in [0.3, 0.4) is 0 Å². The fraction of sp³-hybridized carbons (Fsp3) is 0.435. The first-order chi connectivity index (χ1) is 29.7. The van der Waals surface area contributed by atoms with Crippen LogP contribution in [0.1, 0.15) is 105 Å². The summed E-state index contributed by atoms with van der Waals surface area (Å²) in [6.45, 7) is 6.06.